The molecule has 2 saturated carbocycles. The molecule has 0 aromatic carbocycles. The molecule has 2 aliphatic rings. The number of hydrogen-bond acceptors (Lipinski definition) is 4. The lowest BCUT2D eigenvalue weighted by molar-refractivity contribution is 0.399. The predicted molar refractivity (Wildman–Crippen MR) is 62.6 cm³/mol. The largest absolute Gasteiger partial charge is 0.400 e. The van der Waals surface area contributed by atoms with Gasteiger partial charge in [-0.15, -0.1) is 0 Å². The van der Waals surface area contributed by atoms with Crippen LogP contribution < -0.4 is 0 Å². The second-order valence-corrected chi connectivity index (χ2v) is 3.12. The summed E-state index contributed by atoms with van der Waals surface area (Å²) in [5.41, 5.74) is 0. The Morgan fingerprint density at radius 2 is 0.733 bits per heavy atom. The molecule has 2 bridgehead atoms. The van der Waals surface area contributed by atoms with Crippen LogP contribution in [0, 0.1) is 11.8 Å². The van der Waals surface area contributed by atoms with E-state index in [1.165, 1.54) is 11.8 Å². The van der Waals surface area contributed by atoms with Crippen molar-refractivity contribution in [3.8, 4) is 0 Å². The van der Waals surface area contributed by atoms with Crippen molar-refractivity contribution in [2.45, 2.75) is 32.1 Å². The van der Waals surface area contributed by atoms with Crippen molar-refractivity contribution in [3.63, 3.8) is 0 Å². The first-order chi connectivity index (χ1) is 7.45. The van der Waals surface area contributed by atoms with Crippen molar-refractivity contribution in [1.29, 1.82) is 0 Å². The molecule has 0 aromatic rings. The molecule has 0 saturated heterocycles. The Morgan fingerprint density at radius 1 is 0.533 bits per heavy atom. The van der Waals surface area contributed by atoms with Crippen LogP contribution in [0.25, 0.3) is 0 Å². The standard InChI is InChI=1S/C7H12.4CH4O/c1-2-7-4-3-6(1)5-7;4*1-2/h6-7H,1-5H2;4*2H,1H3. The summed E-state index contributed by atoms with van der Waals surface area (Å²) in [7, 11) is 4.00. The first-order valence-electron chi connectivity index (χ1n) is 5.24. The third-order valence-electron chi connectivity index (χ3n) is 2.63. The van der Waals surface area contributed by atoms with E-state index in [-0.39, 0.29) is 0 Å². The third-order valence-corrected chi connectivity index (χ3v) is 2.63. The minimum atomic E-state index is 1.00. The molecule has 2 fully saturated rings. The van der Waals surface area contributed by atoms with Gasteiger partial charge >= 0.3 is 0 Å². The SMILES string of the molecule is C1CC2CCC1C2.CO.CO.CO.CO. The van der Waals surface area contributed by atoms with Gasteiger partial charge in [0.15, 0.2) is 0 Å². The average Bonchev–Trinajstić information content (AvgIpc) is 3.04. The number of aliphatic hydroxyl groups excluding tert-OH is 4. The van der Waals surface area contributed by atoms with E-state index in [1.807, 2.05) is 0 Å². The Kier molecular flexibility index (Phi) is 26.2. The van der Waals surface area contributed by atoms with Crippen LogP contribution in [-0.2, 0) is 0 Å². The van der Waals surface area contributed by atoms with E-state index in [9.17, 15) is 0 Å². The molecule has 0 aliphatic heterocycles. The fourth-order valence-corrected chi connectivity index (χ4v) is 2.17. The van der Waals surface area contributed by atoms with Gasteiger partial charge in [0.1, 0.15) is 0 Å². The van der Waals surface area contributed by atoms with Gasteiger partial charge in [-0.3, -0.25) is 0 Å². The second kappa shape index (κ2) is 19.4. The number of fused-ring (bicyclic) bond motifs is 2. The molecule has 4 heteroatoms. The van der Waals surface area contributed by atoms with E-state index >= 15 is 0 Å². The summed E-state index contributed by atoms with van der Waals surface area (Å²) < 4.78 is 0. The summed E-state index contributed by atoms with van der Waals surface area (Å²) >= 11 is 0. The van der Waals surface area contributed by atoms with Gasteiger partial charge in [-0.1, -0.05) is 25.7 Å². The molecule has 2 aliphatic carbocycles. The van der Waals surface area contributed by atoms with Crippen molar-refractivity contribution in [1.82, 2.24) is 0 Å². The molecule has 0 heterocycles. The monoisotopic (exact) mass is 224 g/mol. The quantitative estimate of drug-likeness (QED) is 0.486. The Hall–Kier alpha value is -0.160. The molecule has 0 atom stereocenters. The van der Waals surface area contributed by atoms with Gasteiger partial charge in [0.25, 0.3) is 0 Å². The molecule has 0 amide bonds. The highest BCUT2D eigenvalue weighted by Gasteiger charge is 2.30. The van der Waals surface area contributed by atoms with Gasteiger partial charge < -0.3 is 20.4 Å². The molecule has 2 rings (SSSR count). The van der Waals surface area contributed by atoms with Crippen LogP contribution in [0.5, 0.6) is 0 Å². The Bertz CT molecular complexity index is 70.7. The van der Waals surface area contributed by atoms with Crippen molar-refractivity contribution >= 4 is 0 Å². The molecule has 0 aromatic heterocycles. The first kappa shape index (κ1) is 20.3. The van der Waals surface area contributed by atoms with Gasteiger partial charge in [0.05, 0.1) is 0 Å². The molecular formula is C11H28O4. The van der Waals surface area contributed by atoms with Crippen LogP contribution >= 0.6 is 0 Å². The van der Waals surface area contributed by atoms with Gasteiger partial charge in [-0.25, -0.2) is 0 Å². The summed E-state index contributed by atoms with van der Waals surface area (Å²) in [6.45, 7) is 0. The van der Waals surface area contributed by atoms with Gasteiger partial charge in [0.2, 0.25) is 0 Å². The molecule has 4 N–H and O–H groups in total. The highest BCUT2D eigenvalue weighted by atomic mass is 16.2. The highest BCUT2D eigenvalue weighted by molar-refractivity contribution is 4.82. The third kappa shape index (κ3) is 10.1. The van der Waals surface area contributed by atoms with Crippen LogP contribution in [0.15, 0.2) is 0 Å². The molecule has 15 heavy (non-hydrogen) atoms. The maximum Gasteiger partial charge on any atom is 0.0319 e. The van der Waals surface area contributed by atoms with Gasteiger partial charge in [-0.2, -0.15) is 0 Å². The molecule has 0 spiro atoms. The second-order valence-electron chi connectivity index (χ2n) is 3.12. The van der Waals surface area contributed by atoms with E-state index in [0.29, 0.717) is 0 Å². The molecule has 4 nitrogen and oxygen atoms in total. The summed E-state index contributed by atoms with van der Waals surface area (Å²) in [4.78, 5) is 0. The summed E-state index contributed by atoms with van der Waals surface area (Å²) in [6.07, 6.45) is 7.82. The van der Waals surface area contributed by atoms with Crippen LogP contribution in [0.4, 0.5) is 0 Å². The predicted octanol–water partition coefficient (Wildman–Crippen LogP) is 0.630. The Balaban J connectivity index is -0.000000157. The Labute approximate surface area is 93.6 Å². The number of rotatable bonds is 0. The van der Waals surface area contributed by atoms with Crippen LogP contribution in [0.1, 0.15) is 32.1 Å². The van der Waals surface area contributed by atoms with E-state index in [4.69, 9.17) is 20.4 Å². The fraction of sp³-hybridized carbons (Fsp3) is 1.00. The maximum absolute atomic E-state index is 7.00. The van der Waals surface area contributed by atoms with Gasteiger partial charge in [0, 0.05) is 28.4 Å². The lowest BCUT2D eigenvalue weighted by Crippen LogP contribution is -1.90. The van der Waals surface area contributed by atoms with Crippen LogP contribution in [-0.4, -0.2) is 48.9 Å². The lowest BCUT2D eigenvalue weighted by Gasteiger charge is -2.05. The fourth-order valence-electron chi connectivity index (χ4n) is 2.17. The lowest BCUT2D eigenvalue weighted by atomic mass is 10.0. The molecule has 96 valence electrons. The van der Waals surface area contributed by atoms with Crippen molar-refractivity contribution < 1.29 is 20.4 Å². The summed E-state index contributed by atoms with van der Waals surface area (Å²) in [5.74, 6) is 2.34. The topological polar surface area (TPSA) is 80.9 Å². The highest BCUT2D eigenvalue weighted by Crippen LogP contribution is 2.43. The van der Waals surface area contributed by atoms with Crippen molar-refractivity contribution in [3.05, 3.63) is 0 Å². The Morgan fingerprint density at radius 3 is 0.800 bits per heavy atom. The minimum Gasteiger partial charge on any atom is -0.400 e. The molecule has 0 radical (unpaired) electrons. The zero-order chi connectivity index (χ0) is 12.7. The average molecular weight is 224 g/mol. The summed E-state index contributed by atoms with van der Waals surface area (Å²) in [5, 5.41) is 28.0. The zero-order valence-electron chi connectivity index (χ0n) is 10.5. The zero-order valence-corrected chi connectivity index (χ0v) is 10.5. The number of aliphatic hydroxyl groups is 4. The maximum atomic E-state index is 7.00. The number of hydrogen-bond donors (Lipinski definition) is 4. The van der Waals surface area contributed by atoms with Crippen molar-refractivity contribution in [2.24, 2.45) is 11.8 Å². The molecule has 0 unspecified atom stereocenters. The van der Waals surface area contributed by atoms with E-state index in [1.54, 1.807) is 32.1 Å². The normalized spacial score (nSPS) is 24.0. The van der Waals surface area contributed by atoms with Crippen LogP contribution in [0.3, 0.4) is 0 Å². The van der Waals surface area contributed by atoms with E-state index in [0.717, 1.165) is 28.4 Å². The molecular weight excluding hydrogens is 196 g/mol. The van der Waals surface area contributed by atoms with Crippen LogP contribution in [0.2, 0.25) is 0 Å². The summed E-state index contributed by atoms with van der Waals surface area (Å²) in [6, 6.07) is 0. The minimum absolute atomic E-state index is 1.00. The smallest absolute Gasteiger partial charge is 0.0319 e. The van der Waals surface area contributed by atoms with Crippen molar-refractivity contribution in [2.75, 3.05) is 28.4 Å². The van der Waals surface area contributed by atoms with E-state index in [2.05, 4.69) is 0 Å². The first-order valence-corrected chi connectivity index (χ1v) is 5.24. The van der Waals surface area contributed by atoms with Gasteiger partial charge in [-0.05, 0) is 18.3 Å². The van der Waals surface area contributed by atoms with E-state index < -0.39 is 0 Å².